The molecule has 3 fully saturated rings. The maximum atomic E-state index is 12.5. The maximum absolute atomic E-state index is 12.5. The van der Waals surface area contributed by atoms with E-state index in [1.54, 1.807) is 9.80 Å². The Morgan fingerprint density at radius 1 is 0.862 bits per heavy atom. The van der Waals surface area contributed by atoms with Crippen molar-refractivity contribution in [2.75, 3.05) is 70.1 Å². The number of hydrogen-bond donors (Lipinski definition) is 0. The second-order valence-electron chi connectivity index (χ2n) is 8.02. The average molecular weight is 451 g/mol. The van der Waals surface area contributed by atoms with Crippen LogP contribution in [0.3, 0.4) is 0 Å². The van der Waals surface area contributed by atoms with Gasteiger partial charge in [0.1, 0.15) is 0 Å². The number of hydrogen-bond acceptors (Lipinski definition) is 7. The number of rotatable bonds is 5. The average Bonchev–Trinajstić information content (AvgIpc) is 3.05. The highest BCUT2D eigenvalue weighted by atomic mass is 32.2. The zero-order chi connectivity index (χ0) is 21.2. The van der Waals surface area contributed by atoms with Gasteiger partial charge in [-0.05, 0) is 6.42 Å². The van der Waals surface area contributed by atoms with Crippen LogP contribution in [0.15, 0.2) is 0 Å². The summed E-state index contributed by atoms with van der Waals surface area (Å²) in [5, 5.41) is 0. The van der Waals surface area contributed by atoms with Crippen LogP contribution in [0.25, 0.3) is 0 Å². The molecule has 0 radical (unpaired) electrons. The van der Waals surface area contributed by atoms with Gasteiger partial charge >= 0.3 is 0 Å². The Kier molecular flexibility index (Phi) is 6.86. The minimum Gasteiger partial charge on any atom is -0.340 e. The van der Waals surface area contributed by atoms with Gasteiger partial charge in [-0.25, -0.2) is 16.8 Å². The molecule has 166 valence electrons. The van der Waals surface area contributed by atoms with E-state index in [1.807, 2.05) is 0 Å². The monoisotopic (exact) mass is 450 g/mol. The number of carbonyl (C=O) groups is 2. The Morgan fingerprint density at radius 3 is 1.76 bits per heavy atom. The Labute approximate surface area is 172 Å². The normalized spacial score (nSPS) is 26.6. The summed E-state index contributed by atoms with van der Waals surface area (Å²) in [6.45, 7) is 3.70. The summed E-state index contributed by atoms with van der Waals surface area (Å²) < 4.78 is 47.7. The van der Waals surface area contributed by atoms with Crippen LogP contribution in [0.2, 0.25) is 0 Å². The van der Waals surface area contributed by atoms with E-state index in [4.69, 9.17) is 0 Å². The van der Waals surface area contributed by atoms with Crippen molar-refractivity contribution in [3.63, 3.8) is 0 Å². The van der Waals surface area contributed by atoms with E-state index in [0.29, 0.717) is 45.7 Å². The number of carbonyl (C=O) groups excluding carboxylic acids is 2. The lowest BCUT2D eigenvalue weighted by Crippen LogP contribution is -2.52. The van der Waals surface area contributed by atoms with Crippen LogP contribution >= 0.6 is 0 Å². The summed E-state index contributed by atoms with van der Waals surface area (Å²) in [4.78, 5) is 30.3. The minimum absolute atomic E-state index is 0.0597. The van der Waals surface area contributed by atoms with Gasteiger partial charge in [0.05, 0.1) is 17.8 Å². The summed E-state index contributed by atoms with van der Waals surface area (Å²) in [6.07, 6.45) is 2.09. The van der Waals surface area contributed by atoms with Crippen molar-refractivity contribution in [2.45, 2.75) is 25.3 Å². The fraction of sp³-hybridized carbons (Fsp3) is 0.882. The van der Waals surface area contributed by atoms with Crippen molar-refractivity contribution in [1.82, 2.24) is 19.0 Å². The number of amides is 2. The third kappa shape index (κ3) is 5.89. The molecular weight excluding hydrogens is 420 g/mol. The molecule has 0 spiro atoms. The van der Waals surface area contributed by atoms with Crippen LogP contribution in [0.5, 0.6) is 0 Å². The minimum atomic E-state index is -3.24. The van der Waals surface area contributed by atoms with Gasteiger partial charge in [-0.3, -0.25) is 14.5 Å². The van der Waals surface area contributed by atoms with E-state index >= 15 is 0 Å². The van der Waals surface area contributed by atoms with Gasteiger partial charge in [0.25, 0.3) is 0 Å². The molecule has 3 aliphatic heterocycles. The van der Waals surface area contributed by atoms with Gasteiger partial charge in [0.2, 0.25) is 21.8 Å². The van der Waals surface area contributed by atoms with Crippen molar-refractivity contribution < 1.29 is 26.4 Å². The van der Waals surface area contributed by atoms with Crippen LogP contribution in [0.1, 0.15) is 19.3 Å². The van der Waals surface area contributed by atoms with E-state index < -0.39 is 19.9 Å². The van der Waals surface area contributed by atoms with Crippen LogP contribution < -0.4 is 0 Å². The van der Waals surface area contributed by atoms with Crippen molar-refractivity contribution in [1.29, 1.82) is 0 Å². The van der Waals surface area contributed by atoms with Gasteiger partial charge in [0.15, 0.2) is 9.84 Å². The number of sulfone groups is 1. The van der Waals surface area contributed by atoms with Crippen molar-refractivity contribution in [2.24, 2.45) is 0 Å². The third-order valence-electron chi connectivity index (χ3n) is 6.00. The fourth-order valence-electron chi connectivity index (χ4n) is 4.20. The maximum Gasteiger partial charge on any atom is 0.223 e. The SMILES string of the molecule is CS(=O)(=O)N1CCN(C(=O)CCC(=O)N2CCN([C@H]3CCS(=O)(=O)C3)CC2)CC1. The first-order valence-corrected chi connectivity index (χ1v) is 13.7. The first kappa shape index (κ1) is 22.4. The van der Waals surface area contributed by atoms with E-state index in [0.717, 1.165) is 6.26 Å². The van der Waals surface area contributed by atoms with E-state index in [2.05, 4.69) is 4.90 Å². The van der Waals surface area contributed by atoms with Crippen LogP contribution in [0, 0.1) is 0 Å². The molecule has 0 aromatic heterocycles. The lowest BCUT2D eigenvalue weighted by Gasteiger charge is -2.37. The predicted molar refractivity (Wildman–Crippen MR) is 107 cm³/mol. The zero-order valence-electron chi connectivity index (χ0n) is 16.8. The Hall–Kier alpha value is -1.24. The highest BCUT2D eigenvalue weighted by Gasteiger charge is 2.34. The van der Waals surface area contributed by atoms with Crippen molar-refractivity contribution in [3.05, 3.63) is 0 Å². The molecule has 0 N–H and O–H groups in total. The van der Waals surface area contributed by atoms with Crippen LogP contribution in [-0.2, 0) is 29.4 Å². The van der Waals surface area contributed by atoms with Gasteiger partial charge < -0.3 is 9.80 Å². The topological polar surface area (TPSA) is 115 Å². The molecule has 0 saturated carbocycles. The highest BCUT2D eigenvalue weighted by Crippen LogP contribution is 2.19. The van der Waals surface area contributed by atoms with Crippen molar-refractivity contribution >= 4 is 31.7 Å². The Bertz CT molecular complexity index is 828. The van der Waals surface area contributed by atoms with Crippen LogP contribution in [0.4, 0.5) is 0 Å². The third-order valence-corrected chi connectivity index (χ3v) is 9.06. The van der Waals surface area contributed by atoms with E-state index in [-0.39, 0.29) is 55.3 Å². The van der Waals surface area contributed by atoms with Gasteiger partial charge in [0, 0.05) is 71.2 Å². The highest BCUT2D eigenvalue weighted by molar-refractivity contribution is 7.91. The number of piperazine rings is 2. The smallest absolute Gasteiger partial charge is 0.223 e. The summed E-state index contributed by atoms with van der Waals surface area (Å²) >= 11 is 0. The summed E-state index contributed by atoms with van der Waals surface area (Å²) in [6, 6.07) is 0.0597. The van der Waals surface area contributed by atoms with Gasteiger partial charge in [-0.15, -0.1) is 0 Å². The van der Waals surface area contributed by atoms with E-state index in [9.17, 15) is 26.4 Å². The summed E-state index contributed by atoms with van der Waals surface area (Å²) in [7, 11) is -6.15. The molecule has 0 aromatic rings. The molecule has 3 rings (SSSR count). The standard InChI is InChI=1S/C17H30N4O6S2/c1-28(24,25)21-11-9-20(10-12-21)17(23)3-2-16(22)19-7-5-18(6-8-19)15-4-13-29(26,27)14-15/h15H,2-14H2,1H3/t15-/m0/s1. The first-order chi connectivity index (χ1) is 13.5. The summed E-state index contributed by atoms with van der Waals surface area (Å²) in [5.41, 5.74) is 0. The largest absolute Gasteiger partial charge is 0.340 e. The second-order valence-corrected chi connectivity index (χ2v) is 12.2. The van der Waals surface area contributed by atoms with Crippen molar-refractivity contribution in [3.8, 4) is 0 Å². The lowest BCUT2D eigenvalue weighted by molar-refractivity contribution is -0.138. The molecule has 0 aromatic carbocycles. The molecule has 3 aliphatic rings. The lowest BCUT2D eigenvalue weighted by atomic mass is 10.1. The molecule has 2 amide bonds. The molecule has 10 nitrogen and oxygen atoms in total. The molecular formula is C17H30N4O6S2. The van der Waals surface area contributed by atoms with Gasteiger partial charge in [-0.1, -0.05) is 0 Å². The molecule has 0 unspecified atom stereocenters. The molecule has 0 aliphatic carbocycles. The molecule has 0 bridgehead atoms. The predicted octanol–water partition coefficient (Wildman–Crippen LogP) is -1.80. The molecule has 3 heterocycles. The van der Waals surface area contributed by atoms with Crippen LogP contribution in [-0.4, -0.2) is 124 Å². The van der Waals surface area contributed by atoms with Gasteiger partial charge in [-0.2, -0.15) is 4.31 Å². The molecule has 12 heteroatoms. The fourth-order valence-corrected chi connectivity index (χ4v) is 6.79. The first-order valence-electron chi connectivity index (χ1n) is 10.0. The quantitative estimate of drug-likeness (QED) is 0.485. The molecule has 29 heavy (non-hydrogen) atoms. The molecule has 1 atom stereocenters. The Balaban J connectivity index is 1.38. The molecule has 3 saturated heterocycles. The second kappa shape index (κ2) is 8.86. The number of sulfonamides is 1. The van der Waals surface area contributed by atoms with E-state index in [1.165, 1.54) is 4.31 Å². The zero-order valence-corrected chi connectivity index (χ0v) is 18.5. The number of nitrogens with zero attached hydrogens (tertiary/aromatic N) is 4. The summed E-state index contributed by atoms with van der Waals surface area (Å²) in [5.74, 6) is 0.271. The Morgan fingerprint density at radius 2 is 1.34 bits per heavy atom.